The van der Waals surface area contributed by atoms with E-state index in [2.05, 4.69) is 39.2 Å². The Bertz CT molecular complexity index is 1180. The van der Waals surface area contributed by atoms with Gasteiger partial charge in [0, 0.05) is 36.6 Å². The predicted molar refractivity (Wildman–Crippen MR) is 175 cm³/mol. The lowest BCUT2D eigenvalue weighted by Crippen LogP contribution is -2.50. The van der Waals surface area contributed by atoms with Crippen LogP contribution in [0.15, 0.2) is 54.9 Å². The monoisotopic (exact) mass is 589 g/mol. The van der Waals surface area contributed by atoms with E-state index in [9.17, 15) is 14.4 Å². The number of nitrogens with zero attached hydrogens (tertiary/aromatic N) is 1. The smallest absolute Gasteiger partial charge is 0.244 e. The summed E-state index contributed by atoms with van der Waals surface area (Å²) in [6.45, 7) is 16.9. The van der Waals surface area contributed by atoms with Crippen LogP contribution in [-0.2, 0) is 14.4 Å². The summed E-state index contributed by atoms with van der Waals surface area (Å²) in [4.78, 5) is 43.2. The molecule has 3 aliphatic rings. The molecular weight excluding hydrogens is 534 g/mol. The van der Waals surface area contributed by atoms with Gasteiger partial charge in [0.1, 0.15) is 5.78 Å². The molecule has 1 amide bonds. The second-order valence-corrected chi connectivity index (χ2v) is 14.5. The average Bonchev–Trinajstić information content (AvgIpc) is 3.47. The standard InChI is InChI=1S/C37H55N3O3/c1-23(36(38)43)29(21-27-15-14-16-27)22-31(41)32(33-25(3)37(33,5)6)24(2)35(42)34(28-17-10-8-11-18-28)39-26(4)40(7)30-19-12-9-13-20-30/h9,12-13,19-20,24-25,27-29,32-34,39H,1,4,8,10-11,14-18,21-22H2,2-3,5-7H3,(H2,38,43). The number of carbonyl (C=O) groups excluding carboxylic acids is 3. The largest absolute Gasteiger partial charge is 0.366 e. The predicted octanol–water partition coefficient (Wildman–Crippen LogP) is 7.05. The topological polar surface area (TPSA) is 92.5 Å². The Hall–Kier alpha value is -2.89. The Morgan fingerprint density at radius 2 is 1.63 bits per heavy atom. The van der Waals surface area contributed by atoms with Crippen molar-refractivity contribution in [2.45, 2.75) is 97.9 Å². The van der Waals surface area contributed by atoms with Crippen molar-refractivity contribution in [1.29, 1.82) is 0 Å². The Labute approximate surface area is 259 Å². The number of carbonyl (C=O) groups is 3. The van der Waals surface area contributed by atoms with Crippen LogP contribution in [0.2, 0.25) is 0 Å². The summed E-state index contributed by atoms with van der Waals surface area (Å²) in [5.74, 6) is 0.380. The molecule has 3 fully saturated rings. The average molecular weight is 590 g/mol. The Balaban J connectivity index is 1.59. The minimum absolute atomic E-state index is 0.0239. The minimum Gasteiger partial charge on any atom is -0.366 e. The van der Waals surface area contributed by atoms with E-state index >= 15 is 0 Å². The van der Waals surface area contributed by atoms with Crippen molar-refractivity contribution < 1.29 is 14.4 Å². The SMILES string of the molecule is C=C(C(N)=O)C(CC(=O)C(C(C)C(=O)C(NC(=C)N(C)c1ccccc1)C1CCCCC1)C1C(C)C1(C)C)CC1CCC1. The molecule has 3 saturated carbocycles. The molecule has 0 bridgehead atoms. The van der Waals surface area contributed by atoms with Crippen LogP contribution in [-0.4, -0.2) is 30.6 Å². The third kappa shape index (κ3) is 7.44. The first-order chi connectivity index (χ1) is 20.3. The lowest BCUT2D eigenvalue weighted by Gasteiger charge is -2.37. The van der Waals surface area contributed by atoms with Gasteiger partial charge in [-0.1, -0.05) is 97.6 Å². The Morgan fingerprint density at radius 3 is 2.14 bits per heavy atom. The van der Waals surface area contributed by atoms with Gasteiger partial charge < -0.3 is 16.0 Å². The summed E-state index contributed by atoms with van der Waals surface area (Å²) in [5, 5.41) is 3.56. The third-order valence-corrected chi connectivity index (χ3v) is 11.6. The van der Waals surface area contributed by atoms with Gasteiger partial charge in [-0.05, 0) is 66.4 Å². The first-order valence-electron chi connectivity index (χ1n) is 16.6. The highest BCUT2D eigenvalue weighted by Gasteiger charge is 2.61. The molecule has 3 N–H and O–H groups in total. The molecule has 0 aromatic heterocycles. The van der Waals surface area contributed by atoms with Crippen molar-refractivity contribution in [3.63, 3.8) is 0 Å². The number of primary amides is 1. The molecule has 0 aliphatic heterocycles. The number of anilines is 1. The lowest BCUT2D eigenvalue weighted by molar-refractivity contribution is -0.135. The van der Waals surface area contributed by atoms with Gasteiger partial charge >= 0.3 is 0 Å². The van der Waals surface area contributed by atoms with Gasteiger partial charge in [0.15, 0.2) is 5.78 Å². The number of Topliss-reactive ketones (excluding diaryl/α,β-unsaturated/α-hetero) is 2. The fourth-order valence-electron chi connectivity index (χ4n) is 8.00. The number of hydrogen-bond donors (Lipinski definition) is 2. The van der Waals surface area contributed by atoms with Gasteiger partial charge in [-0.15, -0.1) is 0 Å². The van der Waals surface area contributed by atoms with E-state index in [0.717, 1.165) is 50.6 Å². The molecule has 3 aliphatic carbocycles. The molecule has 6 atom stereocenters. The highest BCUT2D eigenvalue weighted by atomic mass is 16.1. The van der Waals surface area contributed by atoms with Crippen LogP contribution in [0.1, 0.15) is 91.9 Å². The molecule has 0 saturated heterocycles. The summed E-state index contributed by atoms with van der Waals surface area (Å²) in [7, 11) is 1.96. The van der Waals surface area contributed by atoms with Crippen molar-refractivity contribution in [3.05, 3.63) is 54.9 Å². The van der Waals surface area contributed by atoms with Crippen molar-refractivity contribution in [2.75, 3.05) is 11.9 Å². The molecule has 1 aromatic carbocycles. The summed E-state index contributed by atoms with van der Waals surface area (Å²) in [6.07, 6.45) is 9.83. The van der Waals surface area contributed by atoms with Crippen LogP contribution in [0.5, 0.6) is 0 Å². The molecule has 4 rings (SSSR count). The fourth-order valence-corrected chi connectivity index (χ4v) is 8.00. The van der Waals surface area contributed by atoms with E-state index in [1.165, 1.54) is 12.8 Å². The van der Waals surface area contributed by atoms with Crippen LogP contribution in [0, 0.1) is 46.8 Å². The first-order valence-corrected chi connectivity index (χ1v) is 16.6. The molecule has 6 nitrogen and oxygen atoms in total. The van der Waals surface area contributed by atoms with E-state index in [0.29, 0.717) is 23.2 Å². The van der Waals surface area contributed by atoms with Gasteiger partial charge in [0.2, 0.25) is 5.91 Å². The van der Waals surface area contributed by atoms with E-state index in [4.69, 9.17) is 5.73 Å². The Kier molecular flexibility index (Phi) is 10.6. The van der Waals surface area contributed by atoms with Crippen molar-refractivity contribution >= 4 is 23.2 Å². The molecule has 1 aromatic rings. The molecular formula is C37H55N3O3. The second kappa shape index (κ2) is 13.8. The van der Waals surface area contributed by atoms with Gasteiger partial charge in [0.25, 0.3) is 0 Å². The number of ketones is 2. The highest BCUT2D eigenvalue weighted by Crippen LogP contribution is 2.63. The summed E-state index contributed by atoms with van der Waals surface area (Å²) in [6, 6.07) is 9.61. The van der Waals surface area contributed by atoms with Crippen molar-refractivity contribution in [1.82, 2.24) is 5.32 Å². The van der Waals surface area contributed by atoms with E-state index in [-0.39, 0.29) is 41.2 Å². The second-order valence-electron chi connectivity index (χ2n) is 14.5. The zero-order valence-corrected chi connectivity index (χ0v) is 27.2. The van der Waals surface area contributed by atoms with Gasteiger partial charge in [-0.3, -0.25) is 14.4 Å². The van der Waals surface area contributed by atoms with Crippen LogP contribution < -0.4 is 16.0 Å². The third-order valence-electron chi connectivity index (χ3n) is 11.6. The summed E-state index contributed by atoms with van der Waals surface area (Å²) < 4.78 is 0. The number of nitrogens with one attached hydrogen (secondary N) is 1. The molecule has 236 valence electrons. The van der Waals surface area contributed by atoms with Crippen LogP contribution in [0.4, 0.5) is 5.69 Å². The molecule has 0 spiro atoms. The van der Waals surface area contributed by atoms with Gasteiger partial charge in [0.05, 0.1) is 11.9 Å². The maximum absolute atomic E-state index is 14.6. The van der Waals surface area contributed by atoms with Crippen LogP contribution >= 0.6 is 0 Å². The number of para-hydroxylation sites is 1. The van der Waals surface area contributed by atoms with E-state index < -0.39 is 23.8 Å². The quantitative estimate of drug-likeness (QED) is 0.202. The summed E-state index contributed by atoms with van der Waals surface area (Å²) >= 11 is 0. The Morgan fingerprint density at radius 1 is 1.02 bits per heavy atom. The minimum atomic E-state index is -0.527. The highest BCUT2D eigenvalue weighted by molar-refractivity contribution is 5.95. The molecule has 43 heavy (non-hydrogen) atoms. The molecule has 0 heterocycles. The van der Waals surface area contributed by atoms with E-state index in [1.54, 1.807) is 0 Å². The lowest BCUT2D eigenvalue weighted by atomic mass is 9.71. The normalized spacial score (nSPS) is 24.5. The molecule has 6 unspecified atom stereocenters. The molecule has 6 heteroatoms. The molecule has 0 radical (unpaired) electrons. The maximum atomic E-state index is 14.6. The number of amides is 1. The zero-order valence-electron chi connectivity index (χ0n) is 27.2. The number of hydrogen-bond acceptors (Lipinski definition) is 5. The van der Waals surface area contributed by atoms with Crippen LogP contribution in [0.3, 0.4) is 0 Å². The fraction of sp³-hybridized carbons (Fsp3) is 0.649. The maximum Gasteiger partial charge on any atom is 0.244 e. The first kappa shape index (κ1) is 33.0. The summed E-state index contributed by atoms with van der Waals surface area (Å²) in [5.41, 5.74) is 7.00. The van der Waals surface area contributed by atoms with Gasteiger partial charge in [-0.2, -0.15) is 0 Å². The van der Waals surface area contributed by atoms with E-state index in [1.807, 2.05) is 49.2 Å². The number of benzene rings is 1. The zero-order chi connectivity index (χ0) is 31.5. The number of nitrogens with two attached hydrogens (primary N) is 1. The van der Waals surface area contributed by atoms with Gasteiger partial charge in [-0.25, -0.2) is 0 Å². The van der Waals surface area contributed by atoms with Crippen molar-refractivity contribution in [3.8, 4) is 0 Å². The van der Waals surface area contributed by atoms with Crippen molar-refractivity contribution in [2.24, 2.45) is 52.6 Å². The van der Waals surface area contributed by atoms with Crippen LogP contribution in [0.25, 0.3) is 0 Å². The number of rotatable bonds is 16.